The summed E-state index contributed by atoms with van der Waals surface area (Å²) in [5.41, 5.74) is 1.10. The molecule has 0 spiro atoms. The number of aromatic amines is 1. The van der Waals surface area contributed by atoms with Gasteiger partial charge in [-0.25, -0.2) is 4.98 Å². The van der Waals surface area contributed by atoms with Crippen molar-refractivity contribution in [1.82, 2.24) is 9.97 Å². The molecule has 0 saturated heterocycles. The summed E-state index contributed by atoms with van der Waals surface area (Å²) in [4.78, 5) is 18.6. The predicted molar refractivity (Wildman–Crippen MR) is 55.0 cm³/mol. The number of ketones is 1. The van der Waals surface area contributed by atoms with E-state index in [4.69, 9.17) is 4.74 Å². The average molecular weight is 202 g/mol. The highest BCUT2D eigenvalue weighted by Gasteiger charge is 2.09. The van der Waals surface area contributed by atoms with E-state index in [2.05, 4.69) is 9.97 Å². The summed E-state index contributed by atoms with van der Waals surface area (Å²) in [6.07, 6.45) is 3.21. The Morgan fingerprint density at radius 3 is 2.80 bits per heavy atom. The number of nitrogens with zero attached hydrogens (tertiary/aromatic N) is 1. The van der Waals surface area contributed by atoms with Crippen LogP contribution >= 0.6 is 0 Å². The van der Waals surface area contributed by atoms with E-state index < -0.39 is 0 Å². The Labute approximate surface area is 86.9 Å². The molecule has 0 aliphatic rings. The van der Waals surface area contributed by atoms with E-state index in [1.807, 2.05) is 0 Å². The maximum Gasteiger partial charge on any atom is 0.212 e. The number of carbonyl (C=O) groups is 1. The minimum Gasteiger partial charge on any atom is -0.481 e. The molecule has 0 amide bonds. The summed E-state index contributed by atoms with van der Waals surface area (Å²) in [7, 11) is 1.54. The van der Waals surface area contributed by atoms with Crippen LogP contribution in [0.4, 0.5) is 0 Å². The zero-order valence-corrected chi connectivity index (χ0v) is 8.23. The van der Waals surface area contributed by atoms with Crippen molar-refractivity contribution < 1.29 is 9.53 Å². The molecule has 1 N–H and O–H groups in total. The third kappa shape index (κ3) is 1.88. The van der Waals surface area contributed by atoms with Crippen LogP contribution in [0.25, 0.3) is 0 Å². The fourth-order valence-electron chi connectivity index (χ4n) is 1.26. The van der Waals surface area contributed by atoms with Gasteiger partial charge in [0.25, 0.3) is 0 Å². The van der Waals surface area contributed by atoms with Gasteiger partial charge < -0.3 is 9.72 Å². The monoisotopic (exact) mass is 202 g/mol. The van der Waals surface area contributed by atoms with Crippen molar-refractivity contribution in [3.63, 3.8) is 0 Å². The van der Waals surface area contributed by atoms with Gasteiger partial charge in [-0.15, -0.1) is 0 Å². The topological polar surface area (TPSA) is 55.0 Å². The number of hydrogen-bond donors (Lipinski definition) is 1. The van der Waals surface area contributed by atoms with Crippen molar-refractivity contribution in [1.29, 1.82) is 0 Å². The van der Waals surface area contributed by atoms with Crippen LogP contribution < -0.4 is 4.74 Å². The fraction of sp³-hybridized carbons (Fsp3) is 0.0909. The van der Waals surface area contributed by atoms with E-state index in [0.29, 0.717) is 17.1 Å². The molecule has 0 fully saturated rings. The Bertz CT molecular complexity index is 446. The molecule has 0 atom stereocenters. The lowest BCUT2D eigenvalue weighted by molar-refractivity contribution is 0.103. The van der Waals surface area contributed by atoms with Gasteiger partial charge in [0, 0.05) is 24.0 Å². The number of nitrogens with one attached hydrogen (secondary N) is 1. The number of pyridine rings is 1. The van der Waals surface area contributed by atoms with Gasteiger partial charge in [-0.1, -0.05) is 0 Å². The van der Waals surface area contributed by atoms with Crippen LogP contribution in [0.15, 0.2) is 36.7 Å². The van der Waals surface area contributed by atoms with Crippen molar-refractivity contribution in [2.45, 2.75) is 0 Å². The molecule has 0 saturated carbocycles. The Morgan fingerprint density at radius 1 is 1.40 bits per heavy atom. The Hall–Kier alpha value is -2.10. The lowest BCUT2D eigenvalue weighted by atomic mass is 10.1. The molecule has 2 aromatic rings. The third-order valence-corrected chi connectivity index (χ3v) is 2.05. The van der Waals surface area contributed by atoms with Gasteiger partial charge in [-0.3, -0.25) is 4.79 Å². The first-order chi connectivity index (χ1) is 7.31. The van der Waals surface area contributed by atoms with Crippen LogP contribution in [0.3, 0.4) is 0 Å². The number of methoxy groups -OCH3 is 1. The van der Waals surface area contributed by atoms with E-state index in [-0.39, 0.29) is 5.78 Å². The Morgan fingerprint density at radius 2 is 2.27 bits per heavy atom. The maximum absolute atomic E-state index is 11.8. The SMILES string of the molecule is COc1ccc(C(=O)c2ccc[nH]2)cn1. The Kier molecular flexibility index (Phi) is 2.49. The van der Waals surface area contributed by atoms with Gasteiger partial charge in [-0.05, 0) is 18.2 Å². The molecule has 2 heterocycles. The molecule has 0 aliphatic heterocycles. The average Bonchev–Trinajstić information content (AvgIpc) is 2.82. The zero-order valence-electron chi connectivity index (χ0n) is 8.23. The number of rotatable bonds is 3. The second kappa shape index (κ2) is 3.96. The van der Waals surface area contributed by atoms with Gasteiger partial charge in [0.2, 0.25) is 11.7 Å². The molecule has 4 nitrogen and oxygen atoms in total. The summed E-state index contributed by atoms with van der Waals surface area (Å²) >= 11 is 0. The fourth-order valence-corrected chi connectivity index (χ4v) is 1.26. The largest absolute Gasteiger partial charge is 0.481 e. The molecule has 2 aromatic heterocycles. The molecule has 0 unspecified atom stereocenters. The van der Waals surface area contributed by atoms with Crippen LogP contribution in [-0.4, -0.2) is 22.9 Å². The van der Waals surface area contributed by atoms with Crippen molar-refractivity contribution in [2.24, 2.45) is 0 Å². The van der Waals surface area contributed by atoms with Gasteiger partial charge in [0.05, 0.1) is 12.8 Å². The lowest BCUT2D eigenvalue weighted by Crippen LogP contribution is -2.02. The molecule has 0 bridgehead atoms. The Balaban J connectivity index is 2.27. The van der Waals surface area contributed by atoms with Gasteiger partial charge in [-0.2, -0.15) is 0 Å². The van der Waals surface area contributed by atoms with Crippen molar-refractivity contribution >= 4 is 5.78 Å². The molecule has 0 radical (unpaired) electrons. The van der Waals surface area contributed by atoms with Crippen molar-refractivity contribution in [3.8, 4) is 5.88 Å². The van der Waals surface area contributed by atoms with E-state index in [9.17, 15) is 4.79 Å². The van der Waals surface area contributed by atoms with Crippen LogP contribution in [0.1, 0.15) is 16.1 Å². The van der Waals surface area contributed by atoms with E-state index in [0.717, 1.165) is 0 Å². The molecule has 15 heavy (non-hydrogen) atoms. The minimum atomic E-state index is -0.0739. The zero-order chi connectivity index (χ0) is 10.7. The highest BCUT2D eigenvalue weighted by molar-refractivity contribution is 6.07. The second-order valence-corrected chi connectivity index (χ2v) is 3.00. The van der Waals surface area contributed by atoms with E-state index in [1.54, 1.807) is 30.5 Å². The first kappa shape index (κ1) is 9.45. The van der Waals surface area contributed by atoms with Crippen molar-refractivity contribution in [3.05, 3.63) is 47.9 Å². The number of carbonyl (C=O) groups excluding carboxylic acids is 1. The number of hydrogen-bond acceptors (Lipinski definition) is 3. The molecule has 0 aromatic carbocycles. The summed E-state index contributed by atoms with van der Waals surface area (Å²) < 4.78 is 4.91. The van der Waals surface area contributed by atoms with Gasteiger partial charge >= 0.3 is 0 Å². The smallest absolute Gasteiger partial charge is 0.212 e. The van der Waals surface area contributed by atoms with E-state index >= 15 is 0 Å². The van der Waals surface area contributed by atoms with Crippen LogP contribution in [-0.2, 0) is 0 Å². The summed E-state index contributed by atoms with van der Waals surface area (Å²) in [5.74, 6) is 0.424. The summed E-state index contributed by atoms with van der Waals surface area (Å²) in [5, 5.41) is 0. The first-order valence-electron chi connectivity index (χ1n) is 4.49. The standard InChI is InChI=1S/C11H10N2O2/c1-15-10-5-4-8(7-13-10)11(14)9-3-2-6-12-9/h2-7,12H,1H3. The lowest BCUT2D eigenvalue weighted by Gasteiger charge is -2.00. The van der Waals surface area contributed by atoms with Gasteiger partial charge in [0.15, 0.2) is 0 Å². The summed E-state index contributed by atoms with van der Waals surface area (Å²) in [6, 6.07) is 6.86. The maximum atomic E-state index is 11.8. The molecular weight excluding hydrogens is 192 g/mol. The highest BCUT2D eigenvalue weighted by Crippen LogP contribution is 2.10. The predicted octanol–water partition coefficient (Wildman–Crippen LogP) is 1.65. The number of ether oxygens (including phenoxy) is 1. The summed E-state index contributed by atoms with van der Waals surface area (Å²) in [6.45, 7) is 0. The van der Waals surface area contributed by atoms with Crippen molar-refractivity contribution in [2.75, 3.05) is 7.11 Å². The second-order valence-electron chi connectivity index (χ2n) is 3.00. The molecule has 2 rings (SSSR count). The van der Waals surface area contributed by atoms with Crippen LogP contribution in [0.5, 0.6) is 5.88 Å². The molecule has 0 aliphatic carbocycles. The van der Waals surface area contributed by atoms with Crippen LogP contribution in [0, 0.1) is 0 Å². The van der Waals surface area contributed by atoms with Crippen LogP contribution in [0.2, 0.25) is 0 Å². The van der Waals surface area contributed by atoms with E-state index in [1.165, 1.54) is 13.3 Å². The first-order valence-corrected chi connectivity index (χ1v) is 4.49. The normalized spacial score (nSPS) is 9.93. The highest BCUT2D eigenvalue weighted by atomic mass is 16.5. The quantitative estimate of drug-likeness (QED) is 0.770. The molecular formula is C11H10N2O2. The number of aromatic nitrogens is 2. The van der Waals surface area contributed by atoms with Gasteiger partial charge in [0.1, 0.15) is 0 Å². The third-order valence-electron chi connectivity index (χ3n) is 2.05. The number of H-pyrrole nitrogens is 1. The minimum absolute atomic E-state index is 0.0739. The molecule has 76 valence electrons. The molecule has 4 heteroatoms.